The Labute approximate surface area is 116 Å². The first-order valence-electron chi connectivity index (χ1n) is 5.49. The first kappa shape index (κ1) is 16.4. The first-order valence-corrected chi connectivity index (χ1v) is 6.02. The normalized spacial score (nSPS) is 11.2. The minimum Gasteiger partial charge on any atom is -0.466 e. The molecule has 0 radical (unpaired) electrons. The van der Waals surface area contributed by atoms with Crippen molar-refractivity contribution < 1.29 is 27.4 Å². The highest BCUT2D eigenvalue weighted by molar-refractivity contribution is 6.17. The Balaban J connectivity index is 3.17. The second-order valence-corrected chi connectivity index (χ2v) is 3.90. The van der Waals surface area contributed by atoms with Gasteiger partial charge in [0, 0.05) is 11.6 Å². The van der Waals surface area contributed by atoms with E-state index >= 15 is 0 Å². The van der Waals surface area contributed by atoms with Crippen molar-refractivity contribution in [1.29, 1.82) is 0 Å². The monoisotopic (exact) mass is 313 g/mol. The maximum Gasteiger partial charge on any atom is 0.574 e. The van der Waals surface area contributed by atoms with Gasteiger partial charge >= 0.3 is 12.3 Å². The molecule has 0 aliphatic heterocycles. The largest absolute Gasteiger partial charge is 0.574 e. The Morgan fingerprint density at radius 3 is 2.60 bits per heavy atom. The average molecular weight is 314 g/mol. The molecular formula is C11H11ClF3NO4. The van der Waals surface area contributed by atoms with Crippen LogP contribution in [0.5, 0.6) is 5.88 Å². The molecule has 0 spiro atoms. The number of pyridine rings is 1. The van der Waals surface area contributed by atoms with Crippen molar-refractivity contribution >= 4 is 17.6 Å². The van der Waals surface area contributed by atoms with E-state index in [2.05, 4.69) is 9.47 Å². The zero-order chi connectivity index (χ0) is 15.3. The molecule has 0 aromatic carbocycles. The summed E-state index contributed by atoms with van der Waals surface area (Å²) in [5.74, 6) is -1.86. The van der Waals surface area contributed by atoms with Gasteiger partial charge < -0.3 is 9.47 Å². The lowest BCUT2D eigenvalue weighted by Gasteiger charge is -2.14. The molecule has 1 N–H and O–H groups in total. The zero-order valence-corrected chi connectivity index (χ0v) is 11.1. The Bertz CT molecular complexity index is 541. The van der Waals surface area contributed by atoms with Crippen molar-refractivity contribution in [3.8, 4) is 5.88 Å². The molecule has 20 heavy (non-hydrogen) atoms. The third-order valence-corrected chi connectivity index (χ3v) is 2.46. The quantitative estimate of drug-likeness (QED) is 0.668. The Morgan fingerprint density at radius 1 is 1.45 bits per heavy atom. The van der Waals surface area contributed by atoms with Gasteiger partial charge in [-0.15, -0.1) is 24.8 Å². The smallest absolute Gasteiger partial charge is 0.466 e. The molecule has 112 valence electrons. The number of ether oxygens (including phenoxy) is 2. The highest BCUT2D eigenvalue weighted by Crippen LogP contribution is 2.27. The van der Waals surface area contributed by atoms with Gasteiger partial charge in [-0.1, -0.05) is 0 Å². The molecule has 1 heterocycles. The molecule has 1 aromatic rings. The second-order valence-electron chi connectivity index (χ2n) is 3.63. The summed E-state index contributed by atoms with van der Waals surface area (Å²) in [5, 5.41) is 0. The highest BCUT2D eigenvalue weighted by atomic mass is 35.5. The van der Waals surface area contributed by atoms with E-state index in [1.165, 1.54) is 0 Å². The maximum atomic E-state index is 12.2. The number of alkyl halides is 4. The van der Waals surface area contributed by atoms with Crippen LogP contribution in [0.4, 0.5) is 13.2 Å². The first-order chi connectivity index (χ1) is 9.26. The minimum absolute atomic E-state index is 0.0291. The van der Waals surface area contributed by atoms with Crippen LogP contribution in [-0.4, -0.2) is 23.9 Å². The molecule has 0 aliphatic rings. The molecule has 0 amide bonds. The Morgan fingerprint density at radius 2 is 2.10 bits per heavy atom. The summed E-state index contributed by atoms with van der Waals surface area (Å²) >= 11 is 5.56. The number of aromatic amines is 1. The van der Waals surface area contributed by atoms with Gasteiger partial charge in [0.2, 0.25) is 5.88 Å². The third kappa shape index (κ3) is 4.76. The fraction of sp³-hybridized carbons (Fsp3) is 0.455. The molecule has 0 saturated carbocycles. The number of hydrogen-bond donors (Lipinski definition) is 1. The van der Waals surface area contributed by atoms with Gasteiger partial charge in [0.1, 0.15) is 0 Å². The Kier molecular flexibility index (Phi) is 5.43. The van der Waals surface area contributed by atoms with E-state index in [0.717, 1.165) is 6.07 Å². The number of H-pyrrole nitrogens is 1. The molecule has 0 atom stereocenters. The summed E-state index contributed by atoms with van der Waals surface area (Å²) in [7, 11) is 0. The highest BCUT2D eigenvalue weighted by Gasteiger charge is 2.33. The second kappa shape index (κ2) is 6.65. The number of aromatic nitrogens is 1. The van der Waals surface area contributed by atoms with E-state index in [1.807, 2.05) is 4.98 Å². The molecule has 1 rings (SSSR count). The van der Waals surface area contributed by atoms with Crippen molar-refractivity contribution in [2.24, 2.45) is 0 Å². The van der Waals surface area contributed by atoms with Gasteiger partial charge in [-0.05, 0) is 12.5 Å². The van der Waals surface area contributed by atoms with Gasteiger partial charge in [-0.3, -0.25) is 14.6 Å². The van der Waals surface area contributed by atoms with E-state index in [1.54, 1.807) is 6.92 Å². The summed E-state index contributed by atoms with van der Waals surface area (Å²) in [5.41, 5.74) is -0.921. The number of hydrogen-bond acceptors (Lipinski definition) is 4. The third-order valence-electron chi connectivity index (χ3n) is 2.20. The zero-order valence-electron chi connectivity index (χ0n) is 10.3. The van der Waals surface area contributed by atoms with Crippen LogP contribution >= 0.6 is 11.6 Å². The molecule has 0 saturated heterocycles. The predicted octanol–water partition coefficient (Wildman–Crippen LogP) is 2.12. The number of esters is 1. The predicted molar refractivity (Wildman–Crippen MR) is 63.6 cm³/mol. The van der Waals surface area contributed by atoms with Crippen molar-refractivity contribution in [1.82, 2.24) is 4.98 Å². The van der Waals surface area contributed by atoms with E-state index in [4.69, 9.17) is 11.6 Å². The molecule has 0 fully saturated rings. The molecule has 0 bridgehead atoms. The average Bonchev–Trinajstić information content (AvgIpc) is 2.26. The van der Waals surface area contributed by atoms with Crippen LogP contribution in [0.3, 0.4) is 0 Å². The topological polar surface area (TPSA) is 68.4 Å². The van der Waals surface area contributed by atoms with E-state index < -0.39 is 23.8 Å². The fourth-order valence-electron chi connectivity index (χ4n) is 1.49. The summed E-state index contributed by atoms with van der Waals surface area (Å²) in [6.45, 7) is 1.69. The molecule has 0 unspecified atom stereocenters. The van der Waals surface area contributed by atoms with Crippen molar-refractivity contribution in [2.75, 3.05) is 6.61 Å². The fourth-order valence-corrected chi connectivity index (χ4v) is 1.78. The van der Waals surface area contributed by atoms with E-state index in [9.17, 15) is 22.8 Å². The van der Waals surface area contributed by atoms with Crippen molar-refractivity contribution in [2.45, 2.75) is 25.6 Å². The number of nitrogens with one attached hydrogen (secondary N) is 1. The summed E-state index contributed by atoms with van der Waals surface area (Å²) < 4.78 is 45.0. The Hall–Kier alpha value is -1.70. The van der Waals surface area contributed by atoms with Gasteiger partial charge in [0.05, 0.1) is 18.9 Å². The summed E-state index contributed by atoms with van der Waals surface area (Å²) in [6, 6.07) is 0.984. The summed E-state index contributed by atoms with van der Waals surface area (Å²) in [4.78, 5) is 24.5. The van der Waals surface area contributed by atoms with Crippen LogP contribution in [0, 0.1) is 0 Å². The lowest BCUT2D eigenvalue weighted by Crippen LogP contribution is -2.23. The van der Waals surface area contributed by atoms with Crippen molar-refractivity contribution in [3.63, 3.8) is 0 Å². The van der Waals surface area contributed by atoms with Crippen LogP contribution in [-0.2, 0) is 21.8 Å². The number of carbonyl (C=O) groups excluding carboxylic acids is 1. The van der Waals surface area contributed by atoms with Gasteiger partial charge in [-0.2, -0.15) is 0 Å². The number of halogens is 4. The van der Waals surface area contributed by atoms with Crippen molar-refractivity contribution in [3.05, 3.63) is 27.5 Å². The van der Waals surface area contributed by atoms with E-state index in [-0.39, 0.29) is 30.0 Å². The molecule has 5 nitrogen and oxygen atoms in total. The molecule has 9 heteroatoms. The lowest BCUT2D eigenvalue weighted by atomic mass is 10.1. The number of carbonyl (C=O) groups is 1. The molecule has 1 aromatic heterocycles. The minimum atomic E-state index is -4.98. The van der Waals surface area contributed by atoms with Crippen LogP contribution in [0.15, 0.2) is 10.9 Å². The van der Waals surface area contributed by atoms with Crippen LogP contribution in [0.2, 0.25) is 0 Å². The molecular weight excluding hydrogens is 303 g/mol. The maximum absolute atomic E-state index is 12.2. The lowest BCUT2D eigenvalue weighted by molar-refractivity contribution is -0.276. The van der Waals surface area contributed by atoms with Crippen LogP contribution in [0.25, 0.3) is 0 Å². The van der Waals surface area contributed by atoms with Gasteiger partial charge in [0.15, 0.2) is 0 Å². The standard InChI is InChI=1S/C11H11ClF3NO4/c1-2-19-9(18)4-6-3-8(17)16-10(7(6)5-12)20-11(13,14)15/h3H,2,4-5H2,1H3,(H,16,17). The van der Waals surface area contributed by atoms with Crippen LogP contribution < -0.4 is 10.3 Å². The van der Waals surface area contributed by atoms with E-state index in [0.29, 0.717) is 0 Å². The van der Waals surface area contributed by atoms with Crippen LogP contribution in [0.1, 0.15) is 18.1 Å². The molecule has 0 aliphatic carbocycles. The number of rotatable bonds is 5. The summed E-state index contributed by atoms with van der Waals surface area (Å²) in [6.07, 6.45) is -5.35. The SMILES string of the molecule is CCOC(=O)Cc1cc(=O)[nH]c(OC(F)(F)F)c1CCl. The van der Waals surface area contributed by atoms with Gasteiger partial charge in [0.25, 0.3) is 5.56 Å². The van der Waals surface area contributed by atoms with Gasteiger partial charge in [-0.25, -0.2) is 0 Å².